The molecule has 0 bridgehead atoms. The standard InChI is InChI=1S/C24H29N5O3S/c1-24(2)10-9-19-20(12-24)27-28-21(19)23(30)26-17-13-25-29(14-17)22(15-7-8-15)16-5-4-6-18(11-16)33(3,31)32/h4-6,11,13-15,22H,7-10,12H2,1-3H3,(H,26,30)(H,27,28). The van der Waals surface area contributed by atoms with Crippen LogP contribution in [-0.2, 0) is 22.7 Å². The van der Waals surface area contributed by atoms with E-state index in [2.05, 4.69) is 34.5 Å². The van der Waals surface area contributed by atoms with Crippen LogP contribution in [0, 0.1) is 11.3 Å². The monoisotopic (exact) mass is 467 g/mol. The largest absolute Gasteiger partial charge is 0.318 e. The van der Waals surface area contributed by atoms with E-state index >= 15 is 0 Å². The van der Waals surface area contributed by atoms with Crippen LogP contribution in [0.1, 0.15) is 66.5 Å². The van der Waals surface area contributed by atoms with Gasteiger partial charge in [-0.1, -0.05) is 26.0 Å². The Bertz CT molecular complexity index is 1320. The summed E-state index contributed by atoms with van der Waals surface area (Å²) in [6, 6.07) is 6.99. The van der Waals surface area contributed by atoms with Gasteiger partial charge in [-0.05, 0) is 61.1 Å². The Morgan fingerprint density at radius 2 is 2.09 bits per heavy atom. The SMILES string of the molecule is CC1(C)CCc2c(C(=O)Nc3cnn(C(c4cccc(S(C)(=O)=O)c4)C4CC4)c3)n[nH]c2C1. The molecule has 9 heteroatoms. The van der Waals surface area contributed by atoms with E-state index in [1.54, 1.807) is 24.4 Å². The summed E-state index contributed by atoms with van der Waals surface area (Å²) in [7, 11) is -3.29. The number of aromatic amines is 1. The smallest absolute Gasteiger partial charge is 0.276 e. The van der Waals surface area contributed by atoms with Gasteiger partial charge in [-0.25, -0.2) is 8.42 Å². The summed E-state index contributed by atoms with van der Waals surface area (Å²) >= 11 is 0. The highest BCUT2D eigenvalue weighted by molar-refractivity contribution is 7.90. The Morgan fingerprint density at radius 3 is 2.82 bits per heavy atom. The second-order valence-corrected chi connectivity index (χ2v) is 12.2. The molecule has 0 radical (unpaired) electrons. The highest BCUT2D eigenvalue weighted by atomic mass is 32.2. The highest BCUT2D eigenvalue weighted by Crippen LogP contribution is 2.44. The predicted molar refractivity (Wildman–Crippen MR) is 125 cm³/mol. The summed E-state index contributed by atoms with van der Waals surface area (Å²) in [4.78, 5) is 13.3. The summed E-state index contributed by atoms with van der Waals surface area (Å²) in [6.07, 6.45) is 9.53. The van der Waals surface area contributed by atoms with Crippen LogP contribution >= 0.6 is 0 Å². The van der Waals surface area contributed by atoms with Crippen molar-refractivity contribution in [2.75, 3.05) is 11.6 Å². The van der Waals surface area contributed by atoms with Crippen LogP contribution in [0.4, 0.5) is 5.69 Å². The molecule has 1 fully saturated rings. The fraction of sp³-hybridized carbons (Fsp3) is 0.458. The number of nitrogens with one attached hydrogen (secondary N) is 2. The number of aromatic nitrogens is 4. The molecule has 174 valence electrons. The molecule has 0 spiro atoms. The Hall–Kier alpha value is -2.94. The van der Waals surface area contributed by atoms with Crippen LogP contribution in [0.15, 0.2) is 41.6 Å². The third-order valence-electron chi connectivity index (χ3n) is 6.72. The van der Waals surface area contributed by atoms with Gasteiger partial charge in [0.25, 0.3) is 5.91 Å². The number of carbonyl (C=O) groups is 1. The number of hydrogen-bond donors (Lipinski definition) is 2. The number of carbonyl (C=O) groups excluding carboxylic acids is 1. The van der Waals surface area contributed by atoms with Gasteiger partial charge in [-0.2, -0.15) is 10.2 Å². The topological polar surface area (TPSA) is 110 Å². The molecule has 8 nitrogen and oxygen atoms in total. The lowest BCUT2D eigenvalue weighted by Gasteiger charge is -2.28. The molecule has 1 saturated carbocycles. The van der Waals surface area contributed by atoms with Crippen molar-refractivity contribution in [3.8, 4) is 0 Å². The fourth-order valence-corrected chi connectivity index (χ4v) is 5.44. The summed E-state index contributed by atoms with van der Waals surface area (Å²) in [5, 5.41) is 14.8. The van der Waals surface area contributed by atoms with Crippen molar-refractivity contribution in [2.45, 2.75) is 56.9 Å². The van der Waals surface area contributed by atoms with Gasteiger partial charge in [-0.15, -0.1) is 0 Å². The van der Waals surface area contributed by atoms with Gasteiger partial charge in [-0.3, -0.25) is 14.6 Å². The second kappa shape index (κ2) is 7.83. The van der Waals surface area contributed by atoms with Gasteiger partial charge in [0.05, 0.1) is 22.8 Å². The van der Waals surface area contributed by atoms with E-state index in [0.29, 0.717) is 22.2 Å². The molecule has 1 unspecified atom stereocenters. The zero-order chi connectivity index (χ0) is 23.4. The Balaban J connectivity index is 1.37. The molecular formula is C24H29N5O3S. The molecule has 33 heavy (non-hydrogen) atoms. The first-order valence-corrected chi connectivity index (χ1v) is 13.2. The Kier molecular flexibility index (Phi) is 5.19. The highest BCUT2D eigenvalue weighted by Gasteiger charge is 2.35. The average Bonchev–Trinajstić information content (AvgIpc) is 3.32. The Labute approximate surface area is 193 Å². The van der Waals surface area contributed by atoms with Gasteiger partial charge >= 0.3 is 0 Å². The number of anilines is 1. The molecule has 5 rings (SSSR count). The first-order chi connectivity index (χ1) is 15.6. The molecule has 2 aliphatic carbocycles. The maximum Gasteiger partial charge on any atom is 0.276 e. The van der Waals surface area contributed by atoms with Crippen molar-refractivity contribution >= 4 is 21.4 Å². The first kappa shape index (κ1) is 21.9. The van der Waals surface area contributed by atoms with Gasteiger partial charge in [0.1, 0.15) is 0 Å². The quantitative estimate of drug-likeness (QED) is 0.573. The number of fused-ring (bicyclic) bond motifs is 1. The molecule has 1 amide bonds. The summed E-state index contributed by atoms with van der Waals surface area (Å²) < 4.78 is 25.9. The van der Waals surface area contributed by atoms with Crippen molar-refractivity contribution in [1.29, 1.82) is 0 Å². The van der Waals surface area contributed by atoms with Crippen molar-refractivity contribution in [1.82, 2.24) is 20.0 Å². The lowest BCUT2D eigenvalue weighted by Crippen LogP contribution is -2.23. The van der Waals surface area contributed by atoms with Crippen molar-refractivity contribution in [3.05, 3.63) is 59.2 Å². The van der Waals surface area contributed by atoms with Crippen LogP contribution in [0.25, 0.3) is 0 Å². The van der Waals surface area contributed by atoms with Crippen LogP contribution in [0.2, 0.25) is 0 Å². The zero-order valence-corrected chi connectivity index (χ0v) is 19.9. The molecule has 0 saturated heterocycles. The maximum absolute atomic E-state index is 13.0. The van der Waals surface area contributed by atoms with Crippen LogP contribution < -0.4 is 5.32 Å². The molecule has 1 aromatic carbocycles. The second-order valence-electron chi connectivity index (χ2n) is 10.2. The third kappa shape index (κ3) is 4.46. The zero-order valence-electron chi connectivity index (χ0n) is 19.1. The number of amides is 1. The first-order valence-electron chi connectivity index (χ1n) is 11.3. The van der Waals surface area contributed by atoms with Gasteiger partial charge in [0.15, 0.2) is 15.5 Å². The molecule has 3 aromatic rings. The number of nitrogens with zero attached hydrogens (tertiary/aromatic N) is 3. The molecule has 2 heterocycles. The number of H-pyrrole nitrogens is 1. The van der Waals surface area contributed by atoms with E-state index in [1.165, 1.54) is 6.26 Å². The molecule has 2 N–H and O–H groups in total. The Morgan fingerprint density at radius 1 is 1.30 bits per heavy atom. The van der Waals surface area contributed by atoms with Crippen LogP contribution in [-0.4, -0.2) is 40.6 Å². The molecule has 1 atom stereocenters. The number of benzene rings is 1. The van der Waals surface area contributed by atoms with Gasteiger partial charge in [0.2, 0.25) is 0 Å². The van der Waals surface area contributed by atoms with Crippen molar-refractivity contribution in [3.63, 3.8) is 0 Å². The van der Waals surface area contributed by atoms with E-state index in [4.69, 9.17) is 0 Å². The normalized spacial score (nSPS) is 18.5. The van der Waals surface area contributed by atoms with E-state index in [1.807, 2.05) is 16.9 Å². The van der Waals surface area contributed by atoms with Crippen molar-refractivity contribution in [2.24, 2.45) is 11.3 Å². The lowest BCUT2D eigenvalue weighted by molar-refractivity contribution is 0.102. The van der Waals surface area contributed by atoms with Gasteiger partial charge < -0.3 is 5.32 Å². The predicted octanol–water partition coefficient (Wildman–Crippen LogP) is 3.78. The fourth-order valence-electron chi connectivity index (χ4n) is 4.76. The minimum atomic E-state index is -3.29. The van der Waals surface area contributed by atoms with Crippen LogP contribution in [0.3, 0.4) is 0 Å². The van der Waals surface area contributed by atoms with Crippen LogP contribution in [0.5, 0.6) is 0 Å². The lowest BCUT2D eigenvalue weighted by atomic mass is 9.76. The third-order valence-corrected chi connectivity index (χ3v) is 7.83. The summed E-state index contributed by atoms with van der Waals surface area (Å²) in [5.41, 5.74) is 4.22. The maximum atomic E-state index is 13.0. The molecule has 2 aromatic heterocycles. The average molecular weight is 468 g/mol. The minimum Gasteiger partial charge on any atom is -0.318 e. The molecule has 0 aliphatic heterocycles. The van der Waals surface area contributed by atoms with E-state index in [0.717, 1.165) is 48.9 Å². The number of rotatable bonds is 6. The molecular weight excluding hydrogens is 438 g/mol. The van der Waals surface area contributed by atoms with Gasteiger partial charge in [0, 0.05) is 23.7 Å². The number of hydrogen-bond acceptors (Lipinski definition) is 5. The van der Waals surface area contributed by atoms with E-state index < -0.39 is 9.84 Å². The molecule has 2 aliphatic rings. The summed E-state index contributed by atoms with van der Waals surface area (Å²) in [6.45, 7) is 4.46. The minimum absolute atomic E-state index is 0.0715. The summed E-state index contributed by atoms with van der Waals surface area (Å²) in [5.74, 6) is 0.152. The van der Waals surface area contributed by atoms with Crippen molar-refractivity contribution < 1.29 is 13.2 Å². The number of sulfone groups is 1. The van der Waals surface area contributed by atoms with E-state index in [-0.39, 0.29) is 17.4 Å². The van der Waals surface area contributed by atoms with E-state index in [9.17, 15) is 13.2 Å².